The van der Waals surface area contributed by atoms with Gasteiger partial charge in [-0.15, -0.1) is 0 Å². The van der Waals surface area contributed by atoms with Crippen LogP contribution in [0, 0.1) is 0 Å². The molecule has 0 amide bonds. The highest BCUT2D eigenvalue weighted by Crippen LogP contribution is 2.56. The summed E-state index contributed by atoms with van der Waals surface area (Å²) in [4.78, 5) is 0. The molecule has 0 saturated carbocycles. The molecule has 0 atom stereocenters. The molecule has 1 aliphatic carbocycles. The van der Waals surface area contributed by atoms with Crippen LogP contribution in [-0.2, 0) is 5.41 Å². The van der Waals surface area contributed by atoms with Gasteiger partial charge in [-0.05, 0) is 77.9 Å². The van der Waals surface area contributed by atoms with Crippen molar-refractivity contribution in [3.63, 3.8) is 0 Å². The van der Waals surface area contributed by atoms with Crippen molar-refractivity contribution in [2.24, 2.45) is 0 Å². The van der Waals surface area contributed by atoms with Crippen molar-refractivity contribution < 1.29 is 0 Å². The Morgan fingerprint density at radius 3 is 1.70 bits per heavy atom. The fourth-order valence-corrected chi connectivity index (χ4v) is 6.34. The molecule has 7 rings (SSSR count). The molecule has 37 heavy (non-hydrogen) atoms. The van der Waals surface area contributed by atoms with Crippen LogP contribution in [-0.4, -0.2) is 0 Å². The van der Waals surface area contributed by atoms with Crippen molar-refractivity contribution >= 4 is 23.9 Å². The highest BCUT2D eigenvalue weighted by Gasteiger charge is 2.46. The van der Waals surface area contributed by atoms with Crippen LogP contribution in [0.2, 0.25) is 0 Å². The van der Waals surface area contributed by atoms with E-state index in [1.165, 1.54) is 49.9 Å². The van der Waals surface area contributed by atoms with E-state index in [4.69, 9.17) is 0 Å². The van der Waals surface area contributed by atoms with Crippen molar-refractivity contribution in [3.05, 3.63) is 166 Å². The van der Waals surface area contributed by atoms with Crippen molar-refractivity contribution in [2.45, 2.75) is 5.41 Å². The molecule has 0 heterocycles. The van der Waals surface area contributed by atoms with Gasteiger partial charge in [-0.25, -0.2) is 0 Å². The minimum atomic E-state index is -0.403. The molecule has 0 heteroatoms. The molecule has 0 bridgehead atoms. The molecular weight excluding hydrogens is 444 g/mol. The predicted octanol–water partition coefficient (Wildman–Crippen LogP) is 7.69. The van der Waals surface area contributed by atoms with Gasteiger partial charge in [-0.3, -0.25) is 0 Å². The highest BCUT2D eigenvalue weighted by molar-refractivity contribution is 5.98. The van der Waals surface area contributed by atoms with Gasteiger partial charge in [-0.2, -0.15) is 0 Å². The summed E-state index contributed by atoms with van der Waals surface area (Å²) in [6.07, 6.45) is 0. The fraction of sp³-hybridized carbons (Fsp3) is 0.0270. The third-order valence-electron chi connectivity index (χ3n) is 8.02. The monoisotopic (exact) mass is 470 g/mol. The third-order valence-corrected chi connectivity index (χ3v) is 8.02. The van der Waals surface area contributed by atoms with Crippen LogP contribution in [0.4, 0.5) is 0 Å². The summed E-state index contributed by atoms with van der Waals surface area (Å²) in [6, 6.07) is 48.5. The standard InChI is InChI=1S/C37H26/c1-25-23-34(31-18-10-9-17-30(31)26(25)2)27-21-22-33-32-19-11-12-20-35(32)37(36(33)24-27,28-13-5-3-6-14-28)29-15-7-4-8-16-29/h3-24H,1-2H2. The number of hydrogen-bond donors (Lipinski definition) is 0. The summed E-state index contributed by atoms with van der Waals surface area (Å²) in [5.74, 6) is 0. The molecule has 174 valence electrons. The molecule has 0 aliphatic heterocycles. The van der Waals surface area contributed by atoms with Crippen LogP contribution >= 0.6 is 0 Å². The number of fused-ring (bicyclic) bond motifs is 4. The minimum Gasteiger partial charge on any atom is -0.0911 e. The molecule has 6 aromatic rings. The molecule has 1 aliphatic rings. The Morgan fingerprint density at radius 2 is 1.00 bits per heavy atom. The lowest BCUT2D eigenvalue weighted by molar-refractivity contribution is 0.769. The fourth-order valence-electron chi connectivity index (χ4n) is 6.34. The molecule has 6 aromatic carbocycles. The number of hydrogen-bond acceptors (Lipinski definition) is 0. The maximum atomic E-state index is 4.32. The normalized spacial score (nSPS) is 13.3. The zero-order valence-corrected chi connectivity index (χ0v) is 20.6. The first-order valence-electron chi connectivity index (χ1n) is 12.7. The minimum absolute atomic E-state index is 0.403. The molecule has 0 N–H and O–H groups in total. The van der Waals surface area contributed by atoms with E-state index >= 15 is 0 Å². The van der Waals surface area contributed by atoms with Gasteiger partial charge in [0, 0.05) is 0 Å². The Balaban J connectivity index is 1.61. The zero-order valence-electron chi connectivity index (χ0n) is 20.6. The van der Waals surface area contributed by atoms with Crippen LogP contribution in [0.1, 0.15) is 22.3 Å². The van der Waals surface area contributed by atoms with E-state index in [2.05, 4.69) is 147 Å². The van der Waals surface area contributed by atoms with Gasteiger partial charge in [0.05, 0.1) is 5.41 Å². The van der Waals surface area contributed by atoms with Crippen molar-refractivity contribution in [1.82, 2.24) is 0 Å². The first kappa shape index (κ1) is 21.6. The Hall–Kier alpha value is -4.68. The van der Waals surface area contributed by atoms with Gasteiger partial charge in [0.1, 0.15) is 0 Å². The summed E-state index contributed by atoms with van der Waals surface area (Å²) in [6.45, 7) is 8.63. The molecule has 0 nitrogen and oxygen atoms in total. The SMILES string of the molecule is C=c1cc(-c2ccc3c(c2)C(c2ccccc2)(c2ccccc2)c2ccccc2-3)c2ccccc2c1=C. The van der Waals surface area contributed by atoms with E-state index in [0.717, 1.165) is 15.8 Å². The molecular formula is C37H26. The van der Waals surface area contributed by atoms with E-state index in [-0.39, 0.29) is 0 Å². The van der Waals surface area contributed by atoms with Gasteiger partial charge < -0.3 is 0 Å². The lowest BCUT2D eigenvalue weighted by Crippen LogP contribution is -2.28. The van der Waals surface area contributed by atoms with Gasteiger partial charge >= 0.3 is 0 Å². The van der Waals surface area contributed by atoms with Crippen LogP contribution in [0.3, 0.4) is 0 Å². The van der Waals surface area contributed by atoms with E-state index in [9.17, 15) is 0 Å². The van der Waals surface area contributed by atoms with Crippen molar-refractivity contribution in [3.8, 4) is 22.3 Å². The molecule has 0 radical (unpaired) electrons. The smallest absolute Gasteiger partial charge is 0.0713 e. The Labute approximate surface area is 217 Å². The summed E-state index contributed by atoms with van der Waals surface area (Å²) >= 11 is 0. The molecule has 0 spiro atoms. The average molecular weight is 471 g/mol. The van der Waals surface area contributed by atoms with Crippen molar-refractivity contribution in [1.29, 1.82) is 0 Å². The summed E-state index contributed by atoms with van der Waals surface area (Å²) in [5, 5.41) is 4.33. The molecule has 0 saturated heterocycles. The zero-order chi connectivity index (χ0) is 25.0. The quantitative estimate of drug-likeness (QED) is 0.248. The van der Waals surface area contributed by atoms with Gasteiger partial charge in [0.2, 0.25) is 0 Å². The lowest BCUT2D eigenvalue weighted by Gasteiger charge is -2.34. The summed E-state index contributed by atoms with van der Waals surface area (Å²) in [7, 11) is 0. The van der Waals surface area contributed by atoms with Crippen LogP contribution in [0.5, 0.6) is 0 Å². The number of rotatable bonds is 3. The molecule has 0 aromatic heterocycles. The topological polar surface area (TPSA) is 0 Å². The van der Waals surface area contributed by atoms with Gasteiger partial charge in [-0.1, -0.05) is 134 Å². The average Bonchev–Trinajstić information content (AvgIpc) is 3.26. The van der Waals surface area contributed by atoms with Gasteiger partial charge in [0.25, 0.3) is 0 Å². The Morgan fingerprint density at radius 1 is 0.432 bits per heavy atom. The van der Waals surface area contributed by atoms with E-state index in [1.807, 2.05) is 0 Å². The van der Waals surface area contributed by atoms with Gasteiger partial charge in [0.15, 0.2) is 0 Å². The third kappa shape index (κ3) is 3.03. The molecule has 0 unspecified atom stereocenters. The summed E-state index contributed by atoms with van der Waals surface area (Å²) in [5.41, 5.74) is 9.78. The summed E-state index contributed by atoms with van der Waals surface area (Å²) < 4.78 is 0. The number of benzene rings is 6. The highest BCUT2D eigenvalue weighted by atomic mass is 14.5. The van der Waals surface area contributed by atoms with E-state index in [0.29, 0.717) is 0 Å². The van der Waals surface area contributed by atoms with E-state index < -0.39 is 5.41 Å². The second-order valence-corrected chi connectivity index (χ2v) is 9.90. The predicted molar refractivity (Wildman–Crippen MR) is 157 cm³/mol. The lowest BCUT2D eigenvalue weighted by atomic mass is 9.67. The van der Waals surface area contributed by atoms with E-state index in [1.54, 1.807) is 0 Å². The maximum absolute atomic E-state index is 4.32. The largest absolute Gasteiger partial charge is 0.0911 e. The first-order valence-corrected chi connectivity index (χ1v) is 12.7. The maximum Gasteiger partial charge on any atom is 0.0713 e. The second kappa shape index (κ2) is 8.18. The van der Waals surface area contributed by atoms with Crippen LogP contribution in [0.25, 0.3) is 46.2 Å². The Kier molecular flexibility index (Phi) is 4.77. The Bertz CT molecular complexity index is 1860. The molecule has 0 fully saturated rings. The second-order valence-electron chi connectivity index (χ2n) is 9.90. The van der Waals surface area contributed by atoms with Crippen LogP contribution in [0.15, 0.2) is 133 Å². The first-order chi connectivity index (χ1) is 18.2. The van der Waals surface area contributed by atoms with Crippen molar-refractivity contribution in [2.75, 3.05) is 0 Å². The van der Waals surface area contributed by atoms with Crippen LogP contribution < -0.4 is 10.4 Å².